The molecule has 3 aliphatic rings. The number of carbonyl (C=O) groups excluding carboxylic acids is 1. The van der Waals surface area contributed by atoms with Gasteiger partial charge in [-0.2, -0.15) is 0 Å². The number of aliphatic hydroxyl groups is 1. The summed E-state index contributed by atoms with van der Waals surface area (Å²) in [7, 11) is 0. The molecule has 0 amide bonds. The van der Waals surface area contributed by atoms with Gasteiger partial charge in [0.25, 0.3) is 0 Å². The summed E-state index contributed by atoms with van der Waals surface area (Å²) in [6, 6.07) is 0. The number of rotatable bonds is 9. The lowest BCUT2D eigenvalue weighted by atomic mass is 9.81. The highest BCUT2D eigenvalue weighted by Crippen LogP contribution is 2.58. The molecule has 0 heterocycles. The average molecular weight is 358 g/mol. The highest BCUT2D eigenvalue weighted by molar-refractivity contribution is 5.86. The van der Waals surface area contributed by atoms with Crippen LogP contribution >= 0.6 is 0 Å². The maximum atomic E-state index is 11.5. The van der Waals surface area contributed by atoms with Crippen LogP contribution in [0.1, 0.15) is 39.5 Å². The summed E-state index contributed by atoms with van der Waals surface area (Å²) in [6.45, 7) is 11.7. The van der Waals surface area contributed by atoms with E-state index in [4.69, 9.17) is 9.47 Å². The first-order chi connectivity index (χ1) is 12.4. The van der Waals surface area contributed by atoms with Crippen LogP contribution < -0.4 is 0 Å². The number of carbonyl (C=O) groups is 1. The van der Waals surface area contributed by atoms with E-state index >= 15 is 0 Å². The van der Waals surface area contributed by atoms with Gasteiger partial charge in [0.2, 0.25) is 0 Å². The molecular formula is C22H30O4. The summed E-state index contributed by atoms with van der Waals surface area (Å²) >= 11 is 0. The summed E-state index contributed by atoms with van der Waals surface area (Å²) < 4.78 is 10.7. The van der Waals surface area contributed by atoms with Crippen LogP contribution in [0.25, 0.3) is 0 Å². The zero-order valence-corrected chi connectivity index (χ0v) is 15.9. The number of aliphatic hydroxyl groups excluding tert-OH is 1. The summed E-state index contributed by atoms with van der Waals surface area (Å²) in [5, 5.41) is 9.68. The van der Waals surface area contributed by atoms with Gasteiger partial charge in [0.05, 0.1) is 13.2 Å². The number of hydrogen-bond donors (Lipinski definition) is 1. The zero-order valence-electron chi connectivity index (χ0n) is 15.9. The first-order valence-electron chi connectivity index (χ1n) is 9.54. The molecule has 0 radical (unpaired) electrons. The topological polar surface area (TPSA) is 55.8 Å². The van der Waals surface area contributed by atoms with Crippen LogP contribution in [0.2, 0.25) is 0 Å². The van der Waals surface area contributed by atoms with Crippen LogP contribution in [0.4, 0.5) is 0 Å². The Bertz CT molecular complexity index is 657. The minimum absolute atomic E-state index is 0.301. The second-order valence-electron chi connectivity index (χ2n) is 8.00. The van der Waals surface area contributed by atoms with E-state index in [0.29, 0.717) is 42.1 Å². The third kappa shape index (κ3) is 4.02. The Morgan fingerprint density at radius 1 is 1.27 bits per heavy atom. The van der Waals surface area contributed by atoms with E-state index < -0.39 is 6.29 Å². The zero-order chi connectivity index (χ0) is 18.8. The van der Waals surface area contributed by atoms with Gasteiger partial charge < -0.3 is 14.6 Å². The third-order valence-electron chi connectivity index (χ3n) is 5.96. The van der Waals surface area contributed by atoms with E-state index in [1.807, 2.05) is 0 Å². The standard InChI is InChI=1S/C22H30O4/c1-13(2)21(23)25-7-5-15-9-18-17-11-16(19(12-17)20(18)10-15)6-8-26-22(24)14(3)4/h10-11,17-20,22,24H,1,3,5-9,12H2,2,4H3. The Hall–Kier alpha value is -1.65. The van der Waals surface area contributed by atoms with E-state index in [9.17, 15) is 9.90 Å². The molecule has 3 aliphatic carbocycles. The van der Waals surface area contributed by atoms with Gasteiger partial charge in [-0.15, -0.1) is 0 Å². The van der Waals surface area contributed by atoms with Gasteiger partial charge >= 0.3 is 5.97 Å². The van der Waals surface area contributed by atoms with Crippen molar-refractivity contribution in [2.45, 2.75) is 45.8 Å². The van der Waals surface area contributed by atoms with E-state index in [1.54, 1.807) is 13.8 Å². The molecule has 0 aromatic carbocycles. The SMILES string of the molecule is C=C(C)C(=O)OCCC1=CC2C3CC(C=C3CCOC(O)C(=C)C)C2C1. The monoisotopic (exact) mass is 358 g/mol. The molecular weight excluding hydrogens is 328 g/mol. The molecule has 142 valence electrons. The average Bonchev–Trinajstić information content (AvgIpc) is 3.25. The molecule has 3 rings (SSSR count). The van der Waals surface area contributed by atoms with Crippen molar-refractivity contribution < 1.29 is 19.4 Å². The van der Waals surface area contributed by atoms with E-state index in [2.05, 4.69) is 25.3 Å². The van der Waals surface area contributed by atoms with Crippen molar-refractivity contribution >= 4 is 5.97 Å². The van der Waals surface area contributed by atoms with Crippen LogP contribution in [-0.4, -0.2) is 30.6 Å². The molecule has 0 spiro atoms. The molecule has 1 saturated carbocycles. The summed E-state index contributed by atoms with van der Waals surface area (Å²) in [5.74, 6) is 2.32. The normalized spacial score (nSPS) is 29.8. The molecule has 0 aromatic rings. The second-order valence-corrected chi connectivity index (χ2v) is 8.00. The van der Waals surface area contributed by atoms with E-state index in [-0.39, 0.29) is 5.97 Å². The second kappa shape index (κ2) is 7.93. The fourth-order valence-electron chi connectivity index (χ4n) is 4.65. The van der Waals surface area contributed by atoms with Crippen molar-refractivity contribution in [1.29, 1.82) is 0 Å². The Balaban J connectivity index is 1.47. The largest absolute Gasteiger partial charge is 0.462 e. The van der Waals surface area contributed by atoms with Gasteiger partial charge in [-0.05, 0) is 62.4 Å². The first kappa shape index (κ1) is 19.1. The predicted octanol–water partition coefficient (Wildman–Crippen LogP) is 3.94. The highest BCUT2D eigenvalue weighted by Gasteiger charge is 2.49. The minimum atomic E-state index is -0.859. The summed E-state index contributed by atoms with van der Waals surface area (Å²) in [4.78, 5) is 11.5. The smallest absolute Gasteiger partial charge is 0.333 e. The Morgan fingerprint density at radius 2 is 2.04 bits per heavy atom. The Labute approximate surface area is 156 Å². The maximum Gasteiger partial charge on any atom is 0.333 e. The lowest BCUT2D eigenvalue weighted by Gasteiger charge is -2.25. The molecule has 0 saturated heterocycles. The minimum Gasteiger partial charge on any atom is -0.462 e. The van der Waals surface area contributed by atoms with Gasteiger partial charge in [0.15, 0.2) is 6.29 Å². The number of ether oxygens (including phenoxy) is 2. The van der Waals surface area contributed by atoms with Crippen LogP contribution in [-0.2, 0) is 14.3 Å². The number of esters is 1. The lowest BCUT2D eigenvalue weighted by Crippen LogP contribution is -2.19. The molecule has 5 atom stereocenters. The van der Waals surface area contributed by atoms with Crippen molar-refractivity contribution in [3.8, 4) is 0 Å². The van der Waals surface area contributed by atoms with Gasteiger partial charge in [0, 0.05) is 12.0 Å². The Morgan fingerprint density at radius 3 is 2.73 bits per heavy atom. The molecule has 1 fully saturated rings. The maximum absolute atomic E-state index is 11.5. The van der Waals surface area contributed by atoms with Crippen LogP contribution in [0.3, 0.4) is 0 Å². The predicted molar refractivity (Wildman–Crippen MR) is 101 cm³/mol. The summed E-state index contributed by atoms with van der Waals surface area (Å²) in [5.41, 5.74) is 4.00. The summed E-state index contributed by atoms with van der Waals surface area (Å²) in [6.07, 6.45) is 8.11. The first-order valence-corrected chi connectivity index (χ1v) is 9.54. The molecule has 4 heteroatoms. The van der Waals surface area contributed by atoms with Gasteiger partial charge in [-0.1, -0.05) is 36.5 Å². The van der Waals surface area contributed by atoms with E-state index in [1.165, 1.54) is 17.6 Å². The fourth-order valence-corrected chi connectivity index (χ4v) is 4.65. The number of hydrogen-bond acceptors (Lipinski definition) is 4. The van der Waals surface area contributed by atoms with Crippen molar-refractivity contribution in [2.24, 2.45) is 23.7 Å². The van der Waals surface area contributed by atoms with Gasteiger partial charge in [-0.3, -0.25) is 0 Å². The molecule has 1 N–H and O–H groups in total. The third-order valence-corrected chi connectivity index (χ3v) is 5.96. The highest BCUT2D eigenvalue weighted by atomic mass is 16.6. The lowest BCUT2D eigenvalue weighted by molar-refractivity contribution is -0.138. The van der Waals surface area contributed by atoms with Crippen LogP contribution in [0, 0.1) is 23.7 Å². The molecule has 2 bridgehead atoms. The number of fused-ring (bicyclic) bond motifs is 5. The van der Waals surface area contributed by atoms with Gasteiger partial charge in [-0.25, -0.2) is 4.79 Å². The molecule has 26 heavy (non-hydrogen) atoms. The van der Waals surface area contributed by atoms with Gasteiger partial charge in [0.1, 0.15) is 0 Å². The fraction of sp³-hybridized carbons (Fsp3) is 0.591. The molecule has 0 aromatic heterocycles. The number of allylic oxidation sites excluding steroid dienone is 2. The molecule has 0 aliphatic heterocycles. The molecule has 4 nitrogen and oxygen atoms in total. The van der Waals surface area contributed by atoms with Crippen LogP contribution in [0.15, 0.2) is 47.6 Å². The quantitative estimate of drug-likeness (QED) is 0.294. The molecule has 5 unspecified atom stereocenters. The Kier molecular flexibility index (Phi) is 5.83. The van der Waals surface area contributed by atoms with Crippen molar-refractivity contribution in [2.75, 3.05) is 13.2 Å². The van der Waals surface area contributed by atoms with E-state index in [0.717, 1.165) is 25.2 Å². The van der Waals surface area contributed by atoms with Crippen molar-refractivity contribution in [3.63, 3.8) is 0 Å². The van der Waals surface area contributed by atoms with Crippen molar-refractivity contribution in [3.05, 3.63) is 47.6 Å². The van der Waals surface area contributed by atoms with Crippen molar-refractivity contribution in [1.82, 2.24) is 0 Å². The van der Waals surface area contributed by atoms with Crippen LogP contribution in [0.5, 0.6) is 0 Å².